The van der Waals surface area contributed by atoms with Crippen LogP contribution in [0.1, 0.15) is 27.7 Å². The maximum absolute atomic E-state index is 12.5. The molecule has 1 aromatic carbocycles. The SMILES string of the molecule is CC(C(=O)NC(C)(C)C)S(=O)(=O)c1cc(Br)ccc1N. The summed E-state index contributed by atoms with van der Waals surface area (Å²) in [6.45, 7) is 6.73. The summed E-state index contributed by atoms with van der Waals surface area (Å²) < 4.78 is 25.5. The van der Waals surface area contributed by atoms with Gasteiger partial charge in [0.05, 0.1) is 10.6 Å². The molecule has 0 spiro atoms. The molecule has 1 aromatic rings. The normalized spacial score (nSPS) is 13.8. The minimum atomic E-state index is -3.83. The lowest BCUT2D eigenvalue weighted by Gasteiger charge is -2.23. The molecule has 0 bridgehead atoms. The Morgan fingerprint density at radius 3 is 2.40 bits per heavy atom. The number of benzene rings is 1. The van der Waals surface area contributed by atoms with E-state index in [1.54, 1.807) is 26.8 Å². The number of nitrogens with two attached hydrogens (primary N) is 1. The molecule has 0 fully saturated rings. The number of rotatable bonds is 3. The van der Waals surface area contributed by atoms with Gasteiger partial charge in [0, 0.05) is 10.0 Å². The standard InChI is InChI=1S/C13H19BrN2O3S/c1-8(12(17)16-13(2,3)4)20(18,19)11-7-9(14)5-6-10(11)15/h5-8H,15H2,1-4H3,(H,16,17). The van der Waals surface area contributed by atoms with E-state index in [0.29, 0.717) is 4.47 Å². The van der Waals surface area contributed by atoms with E-state index >= 15 is 0 Å². The summed E-state index contributed by atoms with van der Waals surface area (Å²) in [7, 11) is -3.83. The molecule has 0 aromatic heterocycles. The zero-order valence-corrected chi connectivity index (χ0v) is 14.3. The minimum Gasteiger partial charge on any atom is -0.398 e. The van der Waals surface area contributed by atoms with Gasteiger partial charge in [-0.3, -0.25) is 4.79 Å². The Bertz CT molecular complexity index is 621. The molecule has 1 rings (SSSR count). The van der Waals surface area contributed by atoms with Gasteiger partial charge in [-0.2, -0.15) is 0 Å². The van der Waals surface area contributed by atoms with Gasteiger partial charge in [-0.15, -0.1) is 0 Å². The molecule has 0 heterocycles. The highest BCUT2D eigenvalue weighted by Gasteiger charge is 2.33. The van der Waals surface area contributed by atoms with Crippen LogP contribution < -0.4 is 11.1 Å². The van der Waals surface area contributed by atoms with Crippen molar-refractivity contribution in [1.82, 2.24) is 5.32 Å². The van der Waals surface area contributed by atoms with Crippen LogP contribution in [0.25, 0.3) is 0 Å². The molecule has 0 aliphatic carbocycles. The van der Waals surface area contributed by atoms with Gasteiger partial charge in [0.25, 0.3) is 0 Å². The first-order valence-corrected chi connectivity index (χ1v) is 8.40. The fraction of sp³-hybridized carbons (Fsp3) is 0.462. The molecule has 0 aliphatic heterocycles. The summed E-state index contributed by atoms with van der Waals surface area (Å²) in [4.78, 5) is 12.0. The third kappa shape index (κ3) is 3.96. The third-order valence-electron chi connectivity index (χ3n) is 2.62. The van der Waals surface area contributed by atoms with Crippen molar-refractivity contribution in [2.75, 3.05) is 5.73 Å². The Labute approximate surface area is 128 Å². The first-order chi connectivity index (χ1) is 8.95. The molecule has 0 radical (unpaired) electrons. The lowest BCUT2D eigenvalue weighted by Crippen LogP contribution is -2.47. The van der Waals surface area contributed by atoms with E-state index < -0.39 is 26.5 Å². The second kappa shape index (κ2) is 5.73. The number of carbonyl (C=O) groups excluding carboxylic acids is 1. The molecule has 0 aliphatic rings. The summed E-state index contributed by atoms with van der Waals surface area (Å²) in [5.41, 5.74) is 5.34. The maximum atomic E-state index is 12.5. The second-order valence-electron chi connectivity index (χ2n) is 5.61. The number of nitrogen functional groups attached to an aromatic ring is 1. The number of sulfone groups is 1. The molecule has 0 saturated heterocycles. The van der Waals surface area contributed by atoms with Gasteiger partial charge >= 0.3 is 0 Å². The molecule has 7 heteroatoms. The lowest BCUT2D eigenvalue weighted by atomic mass is 10.1. The van der Waals surface area contributed by atoms with E-state index in [0.717, 1.165) is 0 Å². The Morgan fingerprint density at radius 1 is 1.35 bits per heavy atom. The molecular formula is C13H19BrN2O3S. The van der Waals surface area contributed by atoms with Crippen molar-refractivity contribution >= 4 is 37.4 Å². The number of hydrogen-bond donors (Lipinski definition) is 2. The first-order valence-electron chi connectivity index (χ1n) is 6.06. The maximum Gasteiger partial charge on any atom is 0.238 e. The zero-order chi connectivity index (χ0) is 15.7. The molecule has 3 N–H and O–H groups in total. The topological polar surface area (TPSA) is 89.3 Å². The fourth-order valence-electron chi connectivity index (χ4n) is 1.56. The quantitative estimate of drug-likeness (QED) is 0.805. The fourth-order valence-corrected chi connectivity index (χ4v) is 3.48. The van der Waals surface area contributed by atoms with Crippen molar-refractivity contribution in [1.29, 1.82) is 0 Å². The molecule has 1 amide bonds. The Balaban J connectivity index is 3.16. The molecule has 20 heavy (non-hydrogen) atoms. The van der Waals surface area contributed by atoms with Crippen molar-refractivity contribution in [2.45, 2.75) is 43.4 Å². The van der Waals surface area contributed by atoms with Crippen molar-refractivity contribution < 1.29 is 13.2 Å². The van der Waals surface area contributed by atoms with Gasteiger partial charge in [0.2, 0.25) is 5.91 Å². The van der Waals surface area contributed by atoms with Gasteiger partial charge in [-0.1, -0.05) is 15.9 Å². The van der Waals surface area contributed by atoms with Crippen molar-refractivity contribution in [3.63, 3.8) is 0 Å². The Morgan fingerprint density at radius 2 is 1.90 bits per heavy atom. The first kappa shape index (κ1) is 17.0. The second-order valence-corrected chi connectivity index (χ2v) is 8.76. The minimum absolute atomic E-state index is 0.0385. The third-order valence-corrected chi connectivity index (χ3v) is 5.22. The van der Waals surface area contributed by atoms with Crippen molar-refractivity contribution in [3.8, 4) is 0 Å². The summed E-state index contributed by atoms with van der Waals surface area (Å²) in [6, 6.07) is 4.55. The van der Waals surface area contributed by atoms with Crippen molar-refractivity contribution in [3.05, 3.63) is 22.7 Å². The Hall–Kier alpha value is -1.08. The van der Waals surface area contributed by atoms with Crippen LogP contribution in [-0.2, 0) is 14.6 Å². The van der Waals surface area contributed by atoms with Gasteiger partial charge < -0.3 is 11.1 Å². The molecule has 5 nitrogen and oxygen atoms in total. The largest absolute Gasteiger partial charge is 0.398 e. The van der Waals surface area contributed by atoms with Gasteiger partial charge in [0.15, 0.2) is 9.84 Å². The number of amides is 1. The molecule has 0 saturated carbocycles. The Kier molecular flexibility index (Phi) is 4.86. The van der Waals surface area contributed by atoms with Crippen LogP contribution in [0.5, 0.6) is 0 Å². The average Bonchev–Trinajstić information content (AvgIpc) is 2.28. The van der Waals surface area contributed by atoms with Gasteiger partial charge in [-0.25, -0.2) is 8.42 Å². The summed E-state index contributed by atoms with van der Waals surface area (Å²) in [5.74, 6) is -0.545. The number of halogens is 1. The summed E-state index contributed by atoms with van der Waals surface area (Å²) in [6.07, 6.45) is 0. The highest BCUT2D eigenvalue weighted by atomic mass is 79.9. The molecule has 112 valence electrons. The van der Waals surface area contributed by atoms with E-state index in [9.17, 15) is 13.2 Å². The van der Waals surface area contributed by atoms with Gasteiger partial charge in [-0.05, 0) is 45.9 Å². The number of hydrogen-bond acceptors (Lipinski definition) is 4. The average molecular weight is 363 g/mol. The van der Waals surface area contributed by atoms with E-state index in [1.807, 2.05) is 0 Å². The molecular weight excluding hydrogens is 344 g/mol. The highest BCUT2D eigenvalue weighted by Crippen LogP contribution is 2.26. The van der Waals surface area contributed by atoms with Gasteiger partial charge in [0.1, 0.15) is 5.25 Å². The highest BCUT2D eigenvalue weighted by molar-refractivity contribution is 9.10. The van der Waals surface area contributed by atoms with Crippen LogP contribution in [-0.4, -0.2) is 25.1 Å². The number of anilines is 1. The zero-order valence-electron chi connectivity index (χ0n) is 11.9. The van der Waals surface area contributed by atoms with Crippen LogP contribution in [0.2, 0.25) is 0 Å². The predicted octanol–water partition coefficient (Wildman–Crippen LogP) is 2.11. The van der Waals surface area contributed by atoms with E-state index in [-0.39, 0.29) is 10.6 Å². The molecule has 1 atom stereocenters. The predicted molar refractivity (Wildman–Crippen MR) is 83.1 cm³/mol. The summed E-state index contributed by atoms with van der Waals surface area (Å²) in [5, 5.41) is 1.45. The van der Waals surface area contributed by atoms with Crippen LogP contribution >= 0.6 is 15.9 Å². The number of carbonyl (C=O) groups is 1. The molecule has 1 unspecified atom stereocenters. The van der Waals surface area contributed by atoms with Crippen LogP contribution in [0, 0.1) is 0 Å². The van der Waals surface area contributed by atoms with Crippen molar-refractivity contribution in [2.24, 2.45) is 0 Å². The van der Waals surface area contributed by atoms with E-state index in [2.05, 4.69) is 21.2 Å². The lowest BCUT2D eigenvalue weighted by molar-refractivity contribution is -0.121. The van der Waals surface area contributed by atoms with Crippen LogP contribution in [0.15, 0.2) is 27.6 Å². The van der Waals surface area contributed by atoms with E-state index in [1.165, 1.54) is 19.1 Å². The van der Waals surface area contributed by atoms with E-state index in [4.69, 9.17) is 5.73 Å². The smallest absolute Gasteiger partial charge is 0.238 e. The van der Waals surface area contributed by atoms with Crippen LogP contribution in [0.4, 0.5) is 5.69 Å². The monoisotopic (exact) mass is 362 g/mol. The van der Waals surface area contributed by atoms with Crippen LogP contribution in [0.3, 0.4) is 0 Å². The number of nitrogens with one attached hydrogen (secondary N) is 1. The summed E-state index contributed by atoms with van der Waals surface area (Å²) >= 11 is 3.20.